The van der Waals surface area contributed by atoms with E-state index in [0.717, 1.165) is 11.1 Å². The molecule has 0 heterocycles. The highest BCUT2D eigenvalue weighted by atomic mass is 35.7. The molecule has 1 atom stereocenters. The second kappa shape index (κ2) is 6.91. The highest BCUT2D eigenvalue weighted by Gasteiger charge is 2.23. The molecule has 0 radical (unpaired) electrons. The van der Waals surface area contributed by atoms with Crippen molar-refractivity contribution in [1.29, 1.82) is 0 Å². The topological polar surface area (TPSA) is 34.1 Å². The van der Waals surface area contributed by atoms with E-state index in [0.29, 0.717) is 19.3 Å². The van der Waals surface area contributed by atoms with Gasteiger partial charge in [-0.15, -0.1) is 0 Å². The monoisotopic (exact) mass is 308 g/mol. The van der Waals surface area contributed by atoms with Gasteiger partial charge >= 0.3 is 0 Å². The van der Waals surface area contributed by atoms with Crippen LogP contribution in [0, 0.1) is 0 Å². The summed E-state index contributed by atoms with van der Waals surface area (Å²) in [4.78, 5) is 0. The summed E-state index contributed by atoms with van der Waals surface area (Å²) in [6.45, 7) is 0. The van der Waals surface area contributed by atoms with Crippen molar-refractivity contribution in [2.75, 3.05) is 0 Å². The van der Waals surface area contributed by atoms with E-state index in [9.17, 15) is 8.42 Å². The Morgan fingerprint density at radius 3 is 1.85 bits per heavy atom. The number of hydrogen-bond acceptors (Lipinski definition) is 2. The maximum absolute atomic E-state index is 11.7. The molecule has 20 heavy (non-hydrogen) atoms. The molecule has 2 nitrogen and oxygen atoms in total. The van der Waals surface area contributed by atoms with Crippen molar-refractivity contribution in [1.82, 2.24) is 0 Å². The zero-order valence-corrected chi connectivity index (χ0v) is 12.6. The molecule has 0 saturated carbocycles. The predicted molar refractivity (Wildman–Crippen MR) is 83.5 cm³/mol. The summed E-state index contributed by atoms with van der Waals surface area (Å²) in [5.41, 5.74) is 2.13. The van der Waals surface area contributed by atoms with Crippen molar-refractivity contribution in [2.45, 2.75) is 24.5 Å². The first-order valence-corrected chi connectivity index (χ1v) is 8.94. The molecule has 1 unspecified atom stereocenters. The van der Waals surface area contributed by atoms with Crippen LogP contribution < -0.4 is 0 Å². The van der Waals surface area contributed by atoms with Crippen LogP contribution in [0.25, 0.3) is 0 Å². The highest BCUT2D eigenvalue weighted by Crippen LogP contribution is 2.19. The average Bonchev–Trinajstić information content (AvgIpc) is 2.44. The zero-order chi connectivity index (χ0) is 14.4. The molecule has 0 N–H and O–H groups in total. The standard InChI is InChI=1S/C16H17ClO2S/c17-20(18,19)16(13-15-9-5-2-6-10-15)12-11-14-7-3-1-4-8-14/h1-10,16H,11-13H2. The van der Waals surface area contributed by atoms with Crippen LogP contribution in [0.5, 0.6) is 0 Å². The van der Waals surface area contributed by atoms with E-state index in [1.807, 2.05) is 60.7 Å². The minimum Gasteiger partial charge on any atom is -0.212 e. The van der Waals surface area contributed by atoms with Crippen molar-refractivity contribution in [3.63, 3.8) is 0 Å². The van der Waals surface area contributed by atoms with Gasteiger partial charge in [-0.05, 0) is 30.4 Å². The van der Waals surface area contributed by atoms with E-state index in [2.05, 4.69) is 0 Å². The summed E-state index contributed by atoms with van der Waals surface area (Å²) < 4.78 is 23.4. The normalized spacial score (nSPS) is 13.1. The molecule has 2 aromatic carbocycles. The number of halogens is 1. The third-order valence-corrected chi connectivity index (χ3v) is 5.26. The van der Waals surface area contributed by atoms with E-state index in [1.54, 1.807) is 0 Å². The van der Waals surface area contributed by atoms with Gasteiger partial charge in [0.1, 0.15) is 0 Å². The van der Waals surface area contributed by atoms with Crippen molar-refractivity contribution in [3.8, 4) is 0 Å². The van der Waals surface area contributed by atoms with Crippen LogP contribution in [-0.4, -0.2) is 13.7 Å². The molecule has 0 aromatic heterocycles. The largest absolute Gasteiger partial charge is 0.235 e. The fourth-order valence-corrected chi connectivity index (χ4v) is 3.44. The van der Waals surface area contributed by atoms with E-state index < -0.39 is 14.3 Å². The van der Waals surface area contributed by atoms with Crippen LogP contribution in [0.3, 0.4) is 0 Å². The summed E-state index contributed by atoms with van der Waals surface area (Å²) in [6, 6.07) is 19.4. The molecule has 4 heteroatoms. The van der Waals surface area contributed by atoms with Gasteiger partial charge in [0.05, 0.1) is 5.25 Å². The summed E-state index contributed by atoms with van der Waals surface area (Å²) >= 11 is 0. The number of rotatable bonds is 6. The van der Waals surface area contributed by atoms with Crippen LogP contribution in [0.15, 0.2) is 60.7 Å². The number of aryl methyl sites for hydroxylation is 1. The van der Waals surface area contributed by atoms with Crippen LogP contribution >= 0.6 is 10.7 Å². The minimum absolute atomic E-state index is 0.458. The average molecular weight is 309 g/mol. The molecule has 0 aliphatic carbocycles. The Hall–Kier alpha value is -1.32. The molecule has 0 spiro atoms. The quantitative estimate of drug-likeness (QED) is 0.761. The first-order valence-electron chi connectivity index (χ1n) is 6.57. The Labute approximate surface area is 124 Å². The molecule has 0 saturated heterocycles. The molecular weight excluding hydrogens is 292 g/mol. The van der Waals surface area contributed by atoms with Gasteiger partial charge in [-0.2, -0.15) is 0 Å². The Morgan fingerprint density at radius 2 is 1.35 bits per heavy atom. The van der Waals surface area contributed by atoms with Crippen LogP contribution in [0.4, 0.5) is 0 Å². The first kappa shape index (κ1) is 15.1. The maximum Gasteiger partial charge on any atom is 0.235 e. The zero-order valence-electron chi connectivity index (χ0n) is 11.1. The second-order valence-corrected chi connectivity index (χ2v) is 7.72. The third-order valence-electron chi connectivity index (χ3n) is 3.30. The van der Waals surface area contributed by atoms with Gasteiger partial charge in [0, 0.05) is 10.7 Å². The lowest BCUT2D eigenvalue weighted by atomic mass is 10.0. The van der Waals surface area contributed by atoms with E-state index >= 15 is 0 Å². The lowest BCUT2D eigenvalue weighted by molar-refractivity contribution is 0.583. The predicted octanol–water partition coefficient (Wildman–Crippen LogP) is 3.80. The van der Waals surface area contributed by atoms with Crippen LogP contribution in [-0.2, 0) is 21.9 Å². The Morgan fingerprint density at radius 1 is 0.850 bits per heavy atom. The molecular formula is C16H17ClO2S. The molecule has 2 aromatic rings. The van der Waals surface area contributed by atoms with Crippen molar-refractivity contribution < 1.29 is 8.42 Å². The highest BCUT2D eigenvalue weighted by molar-refractivity contribution is 8.14. The van der Waals surface area contributed by atoms with Gasteiger partial charge in [0.15, 0.2) is 0 Å². The SMILES string of the molecule is O=S(=O)(Cl)C(CCc1ccccc1)Cc1ccccc1. The Kier molecular flexibility index (Phi) is 5.21. The van der Waals surface area contributed by atoms with E-state index in [1.165, 1.54) is 0 Å². The van der Waals surface area contributed by atoms with Gasteiger partial charge in [0.2, 0.25) is 9.05 Å². The number of hydrogen-bond donors (Lipinski definition) is 0. The van der Waals surface area contributed by atoms with Crippen molar-refractivity contribution in [2.24, 2.45) is 0 Å². The lowest BCUT2D eigenvalue weighted by Gasteiger charge is -2.13. The molecule has 0 aliphatic rings. The van der Waals surface area contributed by atoms with Gasteiger partial charge in [-0.3, -0.25) is 0 Å². The van der Waals surface area contributed by atoms with Crippen LogP contribution in [0.2, 0.25) is 0 Å². The molecule has 106 valence electrons. The molecule has 0 bridgehead atoms. The van der Waals surface area contributed by atoms with Crippen molar-refractivity contribution in [3.05, 3.63) is 71.8 Å². The van der Waals surface area contributed by atoms with Gasteiger partial charge in [-0.25, -0.2) is 8.42 Å². The fraction of sp³-hybridized carbons (Fsp3) is 0.250. The fourth-order valence-electron chi connectivity index (χ4n) is 2.19. The van der Waals surface area contributed by atoms with Gasteiger partial charge in [-0.1, -0.05) is 60.7 Å². The lowest BCUT2D eigenvalue weighted by Crippen LogP contribution is -2.20. The molecule has 0 aliphatic heterocycles. The summed E-state index contributed by atoms with van der Waals surface area (Å²) in [5, 5.41) is -0.549. The van der Waals surface area contributed by atoms with Gasteiger partial charge in [0.25, 0.3) is 0 Å². The molecule has 0 fully saturated rings. The molecule has 2 rings (SSSR count). The third kappa shape index (κ3) is 4.66. The van der Waals surface area contributed by atoms with E-state index in [-0.39, 0.29) is 0 Å². The summed E-state index contributed by atoms with van der Waals surface area (Å²) in [7, 11) is 2.03. The van der Waals surface area contributed by atoms with E-state index in [4.69, 9.17) is 10.7 Å². The summed E-state index contributed by atoms with van der Waals surface area (Å²) in [6.07, 6.45) is 1.70. The maximum atomic E-state index is 11.7. The second-order valence-electron chi connectivity index (χ2n) is 4.81. The van der Waals surface area contributed by atoms with Gasteiger partial charge < -0.3 is 0 Å². The van der Waals surface area contributed by atoms with Crippen molar-refractivity contribution >= 4 is 19.7 Å². The smallest absolute Gasteiger partial charge is 0.212 e. The van der Waals surface area contributed by atoms with Crippen LogP contribution in [0.1, 0.15) is 17.5 Å². The summed E-state index contributed by atoms with van der Waals surface area (Å²) in [5.74, 6) is 0. The first-order chi connectivity index (χ1) is 9.55. The molecule has 0 amide bonds. The Bertz CT molecular complexity index is 624. The minimum atomic E-state index is -3.56. The number of benzene rings is 2. The Balaban J connectivity index is 2.05.